The van der Waals surface area contributed by atoms with Crippen molar-refractivity contribution in [1.29, 1.82) is 0 Å². The Morgan fingerprint density at radius 1 is 1.10 bits per heavy atom. The van der Waals surface area contributed by atoms with Gasteiger partial charge in [-0.05, 0) is 42.3 Å². The first-order valence-corrected chi connectivity index (χ1v) is 7.91. The van der Waals surface area contributed by atoms with Gasteiger partial charge in [0.05, 0.1) is 13.2 Å². The minimum absolute atomic E-state index is 0.717. The lowest BCUT2D eigenvalue weighted by molar-refractivity contribution is 0.297. The van der Waals surface area contributed by atoms with E-state index in [1.807, 2.05) is 18.2 Å². The van der Waals surface area contributed by atoms with E-state index in [2.05, 4.69) is 46.4 Å². The fourth-order valence-corrected chi connectivity index (χ4v) is 2.68. The van der Waals surface area contributed by atoms with E-state index in [1.54, 1.807) is 0 Å². The average molecular weight is 348 g/mol. The van der Waals surface area contributed by atoms with E-state index in [4.69, 9.17) is 9.47 Å². The van der Waals surface area contributed by atoms with E-state index in [1.165, 1.54) is 11.1 Å². The van der Waals surface area contributed by atoms with Crippen LogP contribution in [0.3, 0.4) is 0 Å². The number of nitrogens with one attached hydrogen (secondary N) is 1. The maximum absolute atomic E-state index is 5.72. The summed E-state index contributed by atoms with van der Waals surface area (Å²) in [6.45, 7) is 4.30. The summed E-state index contributed by atoms with van der Waals surface area (Å²) in [7, 11) is 0. The molecule has 0 fully saturated rings. The molecule has 1 aliphatic rings. The van der Waals surface area contributed by atoms with E-state index in [-0.39, 0.29) is 0 Å². The second-order valence-corrected chi connectivity index (χ2v) is 5.95. The summed E-state index contributed by atoms with van der Waals surface area (Å²) in [5.41, 5.74) is 3.53. The van der Waals surface area contributed by atoms with Crippen molar-refractivity contribution >= 4 is 21.6 Å². The van der Waals surface area contributed by atoms with E-state index >= 15 is 0 Å². The minimum Gasteiger partial charge on any atom is -0.490 e. The van der Waals surface area contributed by atoms with Crippen molar-refractivity contribution in [2.45, 2.75) is 19.9 Å². The van der Waals surface area contributed by atoms with Gasteiger partial charge in [0.15, 0.2) is 11.5 Å². The molecule has 2 aromatic carbocycles. The van der Waals surface area contributed by atoms with Crippen molar-refractivity contribution in [1.82, 2.24) is 0 Å². The van der Waals surface area contributed by atoms with Gasteiger partial charge in [-0.1, -0.05) is 28.1 Å². The quantitative estimate of drug-likeness (QED) is 0.884. The Hall–Kier alpha value is -1.68. The molecule has 0 saturated heterocycles. The lowest BCUT2D eigenvalue weighted by Gasteiger charge is -2.13. The summed E-state index contributed by atoms with van der Waals surface area (Å²) < 4.78 is 12.5. The molecule has 0 spiro atoms. The molecule has 1 N–H and O–H groups in total. The Labute approximate surface area is 133 Å². The van der Waals surface area contributed by atoms with Crippen LogP contribution in [0.4, 0.5) is 5.69 Å². The number of ether oxygens (including phenoxy) is 2. The minimum atomic E-state index is 0.717. The lowest BCUT2D eigenvalue weighted by Crippen LogP contribution is -2.02. The fourth-order valence-electron chi connectivity index (χ4n) is 2.31. The topological polar surface area (TPSA) is 30.5 Å². The second-order valence-electron chi connectivity index (χ2n) is 5.10. The maximum Gasteiger partial charge on any atom is 0.161 e. The third-order valence-corrected chi connectivity index (χ3v) is 4.42. The Kier molecular flexibility index (Phi) is 4.34. The molecule has 0 amide bonds. The van der Waals surface area contributed by atoms with Crippen LogP contribution in [0.5, 0.6) is 11.5 Å². The zero-order valence-electron chi connectivity index (χ0n) is 12.0. The molecule has 3 rings (SSSR count). The van der Waals surface area contributed by atoms with Crippen LogP contribution < -0.4 is 14.8 Å². The number of benzene rings is 2. The third-order valence-electron chi connectivity index (χ3n) is 3.56. The summed E-state index contributed by atoms with van der Waals surface area (Å²) in [5, 5.41) is 3.47. The summed E-state index contributed by atoms with van der Waals surface area (Å²) in [5.74, 6) is 1.69. The number of rotatable bonds is 3. The summed E-state index contributed by atoms with van der Waals surface area (Å²) in [6.07, 6.45) is 0.930. The van der Waals surface area contributed by atoms with Gasteiger partial charge in [-0.2, -0.15) is 0 Å². The smallest absolute Gasteiger partial charge is 0.161 e. The van der Waals surface area contributed by atoms with E-state index < -0.39 is 0 Å². The first-order valence-electron chi connectivity index (χ1n) is 7.11. The monoisotopic (exact) mass is 347 g/mol. The van der Waals surface area contributed by atoms with Crippen molar-refractivity contribution in [2.24, 2.45) is 0 Å². The van der Waals surface area contributed by atoms with Gasteiger partial charge in [-0.15, -0.1) is 0 Å². The normalized spacial score (nSPS) is 13.6. The van der Waals surface area contributed by atoms with Crippen LogP contribution in [0.2, 0.25) is 0 Å². The predicted molar refractivity (Wildman–Crippen MR) is 88.3 cm³/mol. The number of fused-ring (bicyclic) bond motifs is 1. The zero-order valence-corrected chi connectivity index (χ0v) is 13.6. The Morgan fingerprint density at radius 3 is 2.76 bits per heavy atom. The summed E-state index contributed by atoms with van der Waals surface area (Å²) >= 11 is 3.55. The van der Waals surface area contributed by atoms with Crippen LogP contribution in [-0.2, 0) is 6.54 Å². The lowest BCUT2D eigenvalue weighted by atomic mass is 10.1. The number of hydrogen-bond acceptors (Lipinski definition) is 3. The highest BCUT2D eigenvalue weighted by Crippen LogP contribution is 2.31. The largest absolute Gasteiger partial charge is 0.490 e. The number of hydrogen-bond donors (Lipinski definition) is 1. The summed E-state index contributed by atoms with van der Waals surface area (Å²) in [4.78, 5) is 0. The van der Waals surface area contributed by atoms with Gasteiger partial charge in [-0.25, -0.2) is 0 Å². The van der Waals surface area contributed by atoms with Gasteiger partial charge in [0.25, 0.3) is 0 Å². The average Bonchev–Trinajstić information content (AvgIpc) is 2.73. The maximum atomic E-state index is 5.72. The first-order chi connectivity index (χ1) is 10.2. The van der Waals surface area contributed by atoms with Crippen LogP contribution >= 0.6 is 15.9 Å². The van der Waals surface area contributed by atoms with Gasteiger partial charge in [0, 0.05) is 23.1 Å². The van der Waals surface area contributed by atoms with E-state index in [0.29, 0.717) is 6.61 Å². The number of halogens is 1. The van der Waals surface area contributed by atoms with Crippen LogP contribution in [0.15, 0.2) is 40.9 Å². The summed E-state index contributed by atoms with van der Waals surface area (Å²) in [6, 6.07) is 12.3. The molecule has 110 valence electrons. The predicted octanol–water partition coefficient (Wildman–Crippen LogP) is 4.53. The van der Waals surface area contributed by atoms with Crippen LogP contribution in [0.1, 0.15) is 17.5 Å². The first kappa shape index (κ1) is 14.3. The molecule has 4 heteroatoms. The highest BCUT2D eigenvalue weighted by atomic mass is 79.9. The zero-order chi connectivity index (χ0) is 14.7. The third kappa shape index (κ3) is 3.32. The molecule has 1 aliphatic heterocycles. The van der Waals surface area contributed by atoms with Gasteiger partial charge >= 0.3 is 0 Å². The van der Waals surface area contributed by atoms with Crippen molar-refractivity contribution in [3.05, 3.63) is 52.0 Å². The van der Waals surface area contributed by atoms with Crippen molar-refractivity contribution in [3.8, 4) is 11.5 Å². The van der Waals surface area contributed by atoms with E-state index in [9.17, 15) is 0 Å². The van der Waals surface area contributed by atoms with Crippen LogP contribution in [-0.4, -0.2) is 13.2 Å². The molecule has 0 bridgehead atoms. The van der Waals surface area contributed by atoms with Gasteiger partial charge in [0.1, 0.15) is 0 Å². The molecular weight excluding hydrogens is 330 g/mol. The molecule has 0 atom stereocenters. The van der Waals surface area contributed by atoms with Crippen LogP contribution in [0.25, 0.3) is 0 Å². The van der Waals surface area contributed by atoms with Crippen molar-refractivity contribution in [3.63, 3.8) is 0 Å². The molecule has 1 heterocycles. The Morgan fingerprint density at radius 2 is 1.90 bits per heavy atom. The molecule has 0 unspecified atom stereocenters. The van der Waals surface area contributed by atoms with Crippen LogP contribution in [0, 0.1) is 6.92 Å². The molecule has 2 aromatic rings. The second kappa shape index (κ2) is 6.39. The Balaban J connectivity index is 1.73. The highest BCUT2D eigenvalue weighted by molar-refractivity contribution is 9.10. The van der Waals surface area contributed by atoms with Gasteiger partial charge < -0.3 is 14.8 Å². The molecule has 0 radical (unpaired) electrons. The molecular formula is C17H18BrNO2. The highest BCUT2D eigenvalue weighted by Gasteiger charge is 2.10. The number of anilines is 1. The van der Waals surface area contributed by atoms with Gasteiger partial charge in [0.2, 0.25) is 0 Å². The van der Waals surface area contributed by atoms with Crippen molar-refractivity contribution < 1.29 is 9.47 Å². The fraction of sp³-hybridized carbons (Fsp3) is 0.294. The van der Waals surface area contributed by atoms with E-state index in [0.717, 1.165) is 41.2 Å². The molecule has 0 aromatic heterocycles. The Bertz CT molecular complexity index is 643. The molecule has 0 saturated carbocycles. The molecule has 3 nitrogen and oxygen atoms in total. The standard InChI is InChI=1S/C17H18BrNO2/c1-12-14(18)4-2-5-15(12)19-11-13-6-7-16-17(10-13)21-9-3-8-20-16/h2,4-7,10,19H,3,8-9,11H2,1H3. The van der Waals surface area contributed by atoms with Gasteiger partial charge in [-0.3, -0.25) is 0 Å². The van der Waals surface area contributed by atoms with Crippen molar-refractivity contribution in [2.75, 3.05) is 18.5 Å². The SMILES string of the molecule is Cc1c(Br)cccc1NCc1ccc2c(c1)OCCCO2. The molecule has 0 aliphatic carbocycles. The molecule has 21 heavy (non-hydrogen) atoms.